The lowest BCUT2D eigenvalue weighted by atomic mass is 9.86. The molecule has 0 bridgehead atoms. The Balaban J connectivity index is 1.70. The fourth-order valence-corrected chi connectivity index (χ4v) is 5.44. The number of thioether (sulfide) groups is 1. The van der Waals surface area contributed by atoms with Gasteiger partial charge in [-0.2, -0.15) is 0 Å². The van der Waals surface area contributed by atoms with Crippen molar-refractivity contribution in [3.63, 3.8) is 0 Å². The lowest BCUT2D eigenvalue weighted by molar-refractivity contribution is -0.131. The van der Waals surface area contributed by atoms with Gasteiger partial charge in [-0.3, -0.25) is 14.4 Å². The lowest BCUT2D eigenvalue weighted by Crippen LogP contribution is -2.51. The van der Waals surface area contributed by atoms with Crippen LogP contribution in [0.15, 0.2) is 9.64 Å². The third-order valence-corrected chi connectivity index (χ3v) is 7.44. The minimum atomic E-state index is -0.713. The molecule has 2 aliphatic rings. The lowest BCUT2D eigenvalue weighted by Gasteiger charge is -2.35. The topological polar surface area (TPSA) is 109 Å². The Kier molecular flexibility index (Phi) is 9.73. The number of hydrogen-bond acceptors (Lipinski definition) is 8. The highest BCUT2D eigenvalue weighted by Gasteiger charge is 2.37. The van der Waals surface area contributed by atoms with Crippen molar-refractivity contribution in [2.75, 3.05) is 39.5 Å². The maximum Gasteiger partial charge on any atom is 0.286 e. The highest BCUT2D eigenvalue weighted by molar-refractivity contribution is 7.99. The molecule has 184 valence electrons. The molecule has 1 unspecified atom stereocenters. The number of nitrogens with one attached hydrogen (secondary N) is 1. The molecule has 2 fully saturated rings. The molecule has 1 saturated heterocycles. The number of carbonyl (C=O) groups is 3. The Morgan fingerprint density at radius 2 is 1.76 bits per heavy atom. The summed E-state index contributed by atoms with van der Waals surface area (Å²) in [5.74, 6) is 0.250. The highest BCUT2D eigenvalue weighted by Crippen LogP contribution is 2.27. The number of aromatic nitrogens is 2. The maximum absolute atomic E-state index is 13.4. The summed E-state index contributed by atoms with van der Waals surface area (Å²) in [6, 6.07) is -0.713. The molecule has 2 heterocycles. The summed E-state index contributed by atoms with van der Waals surface area (Å²) >= 11 is 1.41. The van der Waals surface area contributed by atoms with Crippen molar-refractivity contribution in [1.82, 2.24) is 25.3 Å². The van der Waals surface area contributed by atoms with Crippen molar-refractivity contribution >= 4 is 29.4 Å². The number of ketones is 1. The Morgan fingerprint density at radius 3 is 2.36 bits per heavy atom. The van der Waals surface area contributed by atoms with Crippen LogP contribution in [-0.2, 0) is 9.59 Å². The minimum Gasteiger partial charge on any atom is -0.408 e. The van der Waals surface area contributed by atoms with E-state index in [4.69, 9.17) is 4.42 Å². The summed E-state index contributed by atoms with van der Waals surface area (Å²) in [7, 11) is 3.98. The third kappa shape index (κ3) is 7.53. The molecule has 1 saturated carbocycles. The molecule has 9 nitrogen and oxygen atoms in total. The number of amides is 2. The zero-order valence-corrected chi connectivity index (χ0v) is 20.9. The van der Waals surface area contributed by atoms with E-state index >= 15 is 0 Å². The van der Waals surface area contributed by atoms with Gasteiger partial charge in [-0.1, -0.05) is 37.4 Å². The number of carbonyl (C=O) groups excluding carboxylic acids is 3. The summed E-state index contributed by atoms with van der Waals surface area (Å²) in [5.41, 5.74) is 0. The van der Waals surface area contributed by atoms with Gasteiger partial charge in [0.15, 0.2) is 0 Å². The van der Waals surface area contributed by atoms with E-state index in [2.05, 4.69) is 20.4 Å². The average Bonchev–Trinajstić information content (AvgIpc) is 3.09. The van der Waals surface area contributed by atoms with Gasteiger partial charge in [0, 0.05) is 38.2 Å². The quantitative estimate of drug-likeness (QED) is 0.327. The summed E-state index contributed by atoms with van der Waals surface area (Å²) in [4.78, 5) is 42.1. The van der Waals surface area contributed by atoms with E-state index in [0.29, 0.717) is 31.2 Å². The second-order valence-electron chi connectivity index (χ2n) is 9.41. The van der Waals surface area contributed by atoms with Crippen molar-refractivity contribution in [2.24, 2.45) is 11.8 Å². The number of hydrogen-bond donors (Lipinski definition) is 1. The molecule has 0 aromatic carbocycles. The number of rotatable bonds is 9. The fraction of sp³-hybridized carbons (Fsp3) is 0.783. The molecule has 0 radical (unpaired) electrons. The van der Waals surface area contributed by atoms with Crippen LogP contribution < -0.4 is 5.32 Å². The van der Waals surface area contributed by atoms with Gasteiger partial charge in [0.1, 0.15) is 6.04 Å². The van der Waals surface area contributed by atoms with Crippen molar-refractivity contribution < 1.29 is 18.8 Å². The van der Waals surface area contributed by atoms with E-state index in [1.165, 1.54) is 11.8 Å². The first kappa shape index (κ1) is 25.7. The Hall–Kier alpha value is -1.94. The zero-order chi connectivity index (χ0) is 23.8. The highest BCUT2D eigenvalue weighted by atomic mass is 32.2. The van der Waals surface area contributed by atoms with Crippen LogP contribution in [0.3, 0.4) is 0 Å². The number of likely N-dealkylation sites (tertiary alicyclic amines) is 1. The van der Waals surface area contributed by atoms with E-state index in [-0.39, 0.29) is 35.3 Å². The van der Waals surface area contributed by atoms with Gasteiger partial charge in [-0.25, -0.2) is 0 Å². The van der Waals surface area contributed by atoms with Crippen LogP contribution in [-0.4, -0.2) is 83.1 Å². The average molecular weight is 480 g/mol. The van der Waals surface area contributed by atoms with E-state index < -0.39 is 6.04 Å². The van der Waals surface area contributed by atoms with E-state index in [1.807, 2.05) is 14.1 Å². The molecular weight excluding hydrogens is 442 g/mol. The molecule has 1 aromatic heterocycles. The van der Waals surface area contributed by atoms with Gasteiger partial charge >= 0.3 is 0 Å². The monoisotopic (exact) mass is 479 g/mol. The van der Waals surface area contributed by atoms with E-state index in [0.717, 1.165) is 50.8 Å². The standard InChI is InChI=1S/C23H37N5O4S/c1-16(29)28-12-10-17(11-13-28)19(24-21(31)18-8-6-4-5-7-9-18)20(30)22-25-26-23(32-22)33-15-14-27(2)3/h17-19H,4-15H2,1-3H3,(H,24,31). The van der Waals surface area contributed by atoms with Crippen molar-refractivity contribution in [1.29, 1.82) is 0 Å². The Bertz CT molecular complexity index is 799. The zero-order valence-electron chi connectivity index (χ0n) is 20.0. The molecule has 1 aromatic rings. The molecule has 2 amide bonds. The summed E-state index contributed by atoms with van der Waals surface area (Å²) in [5, 5.41) is 11.4. The largest absolute Gasteiger partial charge is 0.408 e. The van der Waals surface area contributed by atoms with Crippen LogP contribution in [0.2, 0.25) is 0 Å². The molecule has 1 N–H and O–H groups in total. The van der Waals surface area contributed by atoms with Gasteiger partial charge in [0.25, 0.3) is 11.1 Å². The van der Waals surface area contributed by atoms with Crippen LogP contribution in [0.5, 0.6) is 0 Å². The summed E-state index contributed by atoms with van der Waals surface area (Å²) in [6.07, 6.45) is 7.44. The van der Waals surface area contributed by atoms with Crippen LogP contribution in [0.25, 0.3) is 0 Å². The fourth-order valence-electron chi connectivity index (χ4n) is 4.57. The first-order valence-corrected chi connectivity index (χ1v) is 13.0. The molecule has 0 spiro atoms. The number of Topliss-reactive ketones (excluding diaryl/α,β-unsaturated/α-hetero) is 1. The number of nitrogens with zero attached hydrogens (tertiary/aromatic N) is 4. The van der Waals surface area contributed by atoms with Gasteiger partial charge < -0.3 is 19.5 Å². The van der Waals surface area contributed by atoms with Crippen molar-refractivity contribution in [3.05, 3.63) is 5.89 Å². The Labute approximate surface area is 200 Å². The molecule has 1 atom stereocenters. The summed E-state index contributed by atoms with van der Waals surface area (Å²) in [6.45, 7) is 3.58. The minimum absolute atomic E-state index is 0.0371. The predicted molar refractivity (Wildman–Crippen MR) is 126 cm³/mol. The second kappa shape index (κ2) is 12.5. The molecule has 33 heavy (non-hydrogen) atoms. The van der Waals surface area contributed by atoms with Gasteiger partial charge in [-0.05, 0) is 45.7 Å². The van der Waals surface area contributed by atoms with Crippen molar-refractivity contribution in [3.8, 4) is 0 Å². The molecular formula is C23H37N5O4S. The van der Waals surface area contributed by atoms with Crippen LogP contribution in [0.4, 0.5) is 0 Å². The van der Waals surface area contributed by atoms with Crippen LogP contribution in [0.1, 0.15) is 69.0 Å². The first-order valence-electron chi connectivity index (χ1n) is 12.1. The molecule has 3 rings (SSSR count). The van der Waals surface area contributed by atoms with E-state index in [9.17, 15) is 14.4 Å². The van der Waals surface area contributed by atoms with E-state index in [1.54, 1.807) is 11.8 Å². The predicted octanol–water partition coefficient (Wildman–Crippen LogP) is 2.62. The SMILES string of the molecule is CC(=O)N1CCC(C(NC(=O)C2CCCCCC2)C(=O)c2nnc(SCCN(C)C)o2)CC1. The maximum atomic E-state index is 13.4. The van der Waals surface area contributed by atoms with Gasteiger partial charge in [0.05, 0.1) is 0 Å². The normalized spacial score (nSPS) is 19.3. The first-order chi connectivity index (χ1) is 15.8. The second-order valence-corrected chi connectivity index (χ2v) is 10.5. The third-order valence-electron chi connectivity index (χ3n) is 6.64. The number of piperidine rings is 1. The Morgan fingerprint density at radius 1 is 1.09 bits per heavy atom. The van der Waals surface area contributed by atoms with Gasteiger partial charge in [-0.15, -0.1) is 10.2 Å². The molecule has 1 aliphatic carbocycles. The van der Waals surface area contributed by atoms with Gasteiger partial charge in [0.2, 0.25) is 17.6 Å². The van der Waals surface area contributed by atoms with Crippen LogP contribution >= 0.6 is 11.8 Å². The smallest absolute Gasteiger partial charge is 0.286 e. The molecule has 10 heteroatoms. The van der Waals surface area contributed by atoms with Crippen LogP contribution in [0, 0.1) is 11.8 Å². The molecule has 1 aliphatic heterocycles. The summed E-state index contributed by atoms with van der Waals surface area (Å²) < 4.78 is 5.66. The van der Waals surface area contributed by atoms with Crippen molar-refractivity contribution in [2.45, 2.75) is 69.6 Å².